The molecule has 0 fully saturated rings. The van der Waals surface area contributed by atoms with Gasteiger partial charge >= 0.3 is 6.18 Å². The molecule has 0 bridgehead atoms. The van der Waals surface area contributed by atoms with E-state index < -0.39 is 12.1 Å². The molecule has 1 aromatic carbocycles. The van der Waals surface area contributed by atoms with Gasteiger partial charge in [0.05, 0.1) is 13.2 Å². The highest BCUT2D eigenvalue weighted by Crippen LogP contribution is 2.39. The van der Waals surface area contributed by atoms with Gasteiger partial charge < -0.3 is 4.74 Å². The fraction of sp³-hybridized carbons (Fsp3) is 0.400. The zero-order chi connectivity index (χ0) is 10.2. The van der Waals surface area contributed by atoms with Gasteiger partial charge in [0, 0.05) is 0 Å². The molecule has 0 radical (unpaired) electrons. The molecule has 0 saturated heterocycles. The molecule has 2 rings (SSSR count). The Bertz CT molecular complexity index is 332. The van der Waals surface area contributed by atoms with Gasteiger partial charge in [-0.1, -0.05) is 24.3 Å². The Labute approximate surface area is 79.5 Å². The van der Waals surface area contributed by atoms with Crippen LogP contribution in [0.2, 0.25) is 0 Å². The Morgan fingerprint density at radius 2 is 1.93 bits per heavy atom. The van der Waals surface area contributed by atoms with Crippen molar-refractivity contribution in [2.45, 2.75) is 18.7 Å². The van der Waals surface area contributed by atoms with Crippen molar-refractivity contribution < 1.29 is 17.9 Å². The molecular formula is C10H9F3O. The molecule has 1 aliphatic heterocycles. The zero-order valence-corrected chi connectivity index (χ0v) is 7.34. The molecule has 0 spiro atoms. The quantitative estimate of drug-likeness (QED) is 0.628. The van der Waals surface area contributed by atoms with Crippen LogP contribution < -0.4 is 0 Å². The average molecular weight is 202 g/mol. The van der Waals surface area contributed by atoms with E-state index in [9.17, 15) is 13.2 Å². The minimum absolute atomic E-state index is 0.263. The lowest BCUT2D eigenvalue weighted by atomic mass is 9.93. The van der Waals surface area contributed by atoms with E-state index in [1.807, 2.05) is 0 Å². The van der Waals surface area contributed by atoms with E-state index in [0.29, 0.717) is 11.1 Å². The first kappa shape index (κ1) is 9.52. The first-order chi connectivity index (χ1) is 6.59. The smallest absolute Gasteiger partial charge is 0.376 e. The minimum Gasteiger partial charge on any atom is -0.376 e. The van der Waals surface area contributed by atoms with E-state index in [-0.39, 0.29) is 13.2 Å². The fourth-order valence-electron chi connectivity index (χ4n) is 1.65. The third-order valence-electron chi connectivity index (χ3n) is 2.37. The number of fused-ring (bicyclic) bond motifs is 1. The third kappa shape index (κ3) is 1.62. The summed E-state index contributed by atoms with van der Waals surface area (Å²) >= 11 is 0. The van der Waals surface area contributed by atoms with Crippen molar-refractivity contribution in [1.29, 1.82) is 0 Å². The maximum atomic E-state index is 12.5. The van der Waals surface area contributed by atoms with Gasteiger partial charge in [-0.25, -0.2) is 0 Å². The fourth-order valence-corrected chi connectivity index (χ4v) is 1.65. The van der Waals surface area contributed by atoms with Gasteiger partial charge in [-0.05, 0) is 11.1 Å². The van der Waals surface area contributed by atoms with Crippen molar-refractivity contribution in [3.8, 4) is 0 Å². The Morgan fingerprint density at radius 3 is 2.64 bits per heavy atom. The first-order valence-electron chi connectivity index (χ1n) is 4.31. The van der Waals surface area contributed by atoms with Gasteiger partial charge in [0.15, 0.2) is 0 Å². The Balaban J connectivity index is 2.41. The topological polar surface area (TPSA) is 9.23 Å². The highest BCUT2D eigenvalue weighted by Gasteiger charge is 2.43. The molecule has 1 nitrogen and oxygen atoms in total. The molecule has 0 N–H and O–H groups in total. The summed E-state index contributed by atoms with van der Waals surface area (Å²) in [4.78, 5) is 0. The standard InChI is InChI=1S/C10H9F3O/c11-10(12,13)9-6-14-5-7-3-1-2-4-8(7)9/h1-4,9H,5-6H2. The van der Waals surface area contributed by atoms with Crippen LogP contribution in [0, 0.1) is 0 Å². The van der Waals surface area contributed by atoms with Crippen LogP contribution in [0.5, 0.6) is 0 Å². The number of hydrogen-bond acceptors (Lipinski definition) is 1. The second-order valence-corrected chi connectivity index (χ2v) is 3.31. The number of alkyl halides is 3. The lowest BCUT2D eigenvalue weighted by Crippen LogP contribution is -2.29. The molecule has 14 heavy (non-hydrogen) atoms. The predicted octanol–water partition coefficient (Wildman–Crippen LogP) is 2.86. The zero-order valence-electron chi connectivity index (χ0n) is 7.34. The molecule has 1 atom stereocenters. The van der Waals surface area contributed by atoms with Crippen LogP contribution in [0.15, 0.2) is 24.3 Å². The number of benzene rings is 1. The maximum Gasteiger partial charge on any atom is 0.397 e. The number of halogens is 3. The van der Waals surface area contributed by atoms with Crippen LogP contribution in [-0.2, 0) is 11.3 Å². The molecule has 1 aliphatic rings. The monoisotopic (exact) mass is 202 g/mol. The summed E-state index contributed by atoms with van der Waals surface area (Å²) in [5.41, 5.74) is 0.993. The van der Waals surface area contributed by atoms with E-state index in [0.717, 1.165) is 0 Å². The molecule has 0 saturated carbocycles. The predicted molar refractivity (Wildman–Crippen MR) is 44.9 cm³/mol. The van der Waals surface area contributed by atoms with Crippen molar-refractivity contribution in [2.24, 2.45) is 0 Å². The van der Waals surface area contributed by atoms with Crippen molar-refractivity contribution in [1.82, 2.24) is 0 Å². The van der Waals surface area contributed by atoms with E-state index in [1.54, 1.807) is 18.2 Å². The van der Waals surface area contributed by atoms with E-state index in [2.05, 4.69) is 0 Å². The molecule has 1 heterocycles. The summed E-state index contributed by atoms with van der Waals surface area (Å²) in [7, 11) is 0. The van der Waals surface area contributed by atoms with Crippen LogP contribution in [0.4, 0.5) is 13.2 Å². The number of hydrogen-bond donors (Lipinski definition) is 0. The van der Waals surface area contributed by atoms with Crippen LogP contribution in [-0.4, -0.2) is 12.8 Å². The van der Waals surface area contributed by atoms with Gasteiger partial charge in [-0.15, -0.1) is 0 Å². The normalized spacial score (nSPS) is 21.8. The summed E-state index contributed by atoms with van der Waals surface area (Å²) < 4.78 is 42.5. The van der Waals surface area contributed by atoms with E-state index in [4.69, 9.17) is 4.74 Å². The number of rotatable bonds is 0. The maximum absolute atomic E-state index is 12.5. The summed E-state index contributed by atoms with van der Waals surface area (Å²) in [6, 6.07) is 6.55. The first-order valence-corrected chi connectivity index (χ1v) is 4.31. The molecule has 1 aromatic rings. The Hall–Kier alpha value is -1.03. The third-order valence-corrected chi connectivity index (χ3v) is 2.37. The van der Waals surface area contributed by atoms with Gasteiger partial charge in [-0.3, -0.25) is 0 Å². The Morgan fingerprint density at radius 1 is 1.21 bits per heavy atom. The van der Waals surface area contributed by atoms with Crippen LogP contribution in [0.3, 0.4) is 0 Å². The minimum atomic E-state index is -4.21. The van der Waals surface area contributed by atoms with Crippen LogP contribution >= 0.6 is 0 Å². The average Bonchev–Trinajstić information content (AvgIpc) is 2.15. The van der Waals surface area contributed by atoms with E-state index >= 15 is 0 Å². The van der Waals surface area contributed by atoms with Gasteiger partial charge in [0.2, 0.25) is 0 Å². The summed E-state index contributed by atoms with van der Waals surface area (Å²) in [5.74, 6) is -1.47. The molecule has 0 amide bonds. The molecule has 0 aromatic heterocycles. The van der Waals surface area contributed by atoms with Crippen molar-refractivity contribution in [3.05, 3.63) is 35.4 Å². The van der Waals surface area contributed by atoms with Crippen molar-refractivity contribution in [2.75, 3.05) is 6.61 Å². The number of ether oxygens (including phenoxy) is 1. The SMILES string of the molecule is FC(F)(F)C1COCc2ccccc21. The summed E-state index contributed by atoms with van der Waals surface area (Å²) in [6.45, 7) is 0.0171. The summed E-state index contributed by atoms with van der Waals surface area (Å²) in [6.07, 6.45) is -4.21. The summed E-state index contributed by atoms with van der Waals surface area (Å²) in [5, 5.41) is 0. The highest BCUT2D eigenvalue weighted by molar-refractivity contribution is 5.32. The van der Waals surface area contributed by atoms with Crippen LogP contribution in [0.25, 0.3) is 0 Å². The van der Waals surface area contributed by atoms with E-state index in [1.165, 1.54) is 6.07 Å². The van der Waals surface area contributed by atoms with Crippen molar-refractivity contribution >= 4 is 0 Å². The molecule has 76 valence electrons. The molecule has 4 heteroatoms. The van der Waals surface area contributed by atoms with Gasteiger partial charge in [-0.2, -0.15) is 13.2 Å². The lowest BCUT2D eigenvalue weighted by Gasteiger charge is -2.27. The molecular weight excluding hydrogens is 193 g/mol. The lowest BCUT2D eigenvalue weighted by molar-refractivity contribution is -0.167. The van der Waals surface area contributed by atoms with Crippen molar-refractivity contribution in [3.63, 3.8) is 0 Å². The molecule has 0 aliphatic carbocycles. The molecule has 1 unspecified atom stereocenters. The second-order valence-electron chi connectivity index (χ2n) is 3.31. The van der Waals surface area contributed by atoms with Gasteiger partial charge in [0.25, 0.3) is 0 Å². The largest absolute Gasteiger partial charge is 0.397 e. The Kier molecular flexibility index (Phi) is 2.23. The van der Waals surface area contributed by atoms with Gasteiger partial charge in [0.1, 0.15) is 5.92 Å². The second kappa shape index (κ2) is 3.28. The van der Waals surface area contributed by atoms with Crippen LogP contribution in [0.1, 0.15) is 17.0 Å². The highest BCUT2D eigenvalue weighted by atomic mass is 19.4.